The van der Waals surface area contributed by atoms with Gasteiger partial charge in [0.25, 0.3) is 5.78 Å². The molecule has 2 N–H and O–H groups in total. The topological polar surface area (TPSA) is 75.3 Å². The van der Waals surface area contributed by atoms with Crippen LogP contribution in [0.5, 0.6) is 0 Å². The lowest BCUT2D eigenvalue weighted by Crippen LogP contribution is -2.55. The summed E-state index contributed by atoms with van der Waals surface area (Å²) in [4.78, 5) is 37.3. The first-order chi connectivity index (χ1) is 16.3. The Morgan fingerprint density at radius 3 is 2.23 bits per heavy atom. The van der Waals surface area contributed by atoms with Gasteiger partial charge in [-0.05, 0) is 47.4 Å². The van der Waals surface area contributed by atoms with Crippen molar-refractivity contribution in [3.8, 4) is 0 Å². The molecule has 0 spiro atoms. The molecule has 0 aromatic heterocycles. The van der Waals surface area contributed by atoms with Gasteiger partial charge in [0.05, 0.1) is 16.1 Å². The lowest BCUT2D eigenvalue weighted by atomic mass is 9.98. The highest BCUT2D eigenvalue weighted by atomic mass is 35.5. The van der Waals surface area contributed by atoms with Crippen molar-refractivity contribution < 1.29 is 27.6 Å². The van der Waals surface area contributed by atoms with Gasteiger partial charge in [0.15, 0.2) is 0 Å². The molecule has 0 aliphatic heterocycles. The summed E-state index contributed by atoms with van der Waals surface area (Å²) >= 11 is 17.8. The molecule has 0 aliphatic rings. The van der Waals surface area contributed by atoms with Crippen molar-refractivity contribution in [2.45, 2.75) is 38.5 Å². The third kappa shape index (κ3) is 8.87. The summed E-state index contributed by atoms with van der Waals surface area (Å²) in [5.74, 6) is -4.56. The first kappa shape index (κ1) is 28.7. The number of halogens is 6. The molecule has 188 valence electrons. The van der Waals surface area contributed by atoms with Crippen molar-refractivity contribution in [2.24, 2.45) is 5.92 Å². The van der Waals surface area contributed by atoms with E-state index >= 15 is 0 Å². The van der Waals surface area contributed by atoms with Gasteiger partial charge in [-0.2, -0.15) is 13.2 Å². The molecule has 0 saturated carbocycles. The molecule has 0 saturated heterocycles. The quantitative estimate of drug-likeness (QED) is 0.397. The van der Waals surface area contributed by atoms with Gasteiger partial charge in [0.2, 0.25) is 11.8 Å². The second kappa shape index (κ2) is 12.4. The highest BCUT2D eigenvalue weighted by Crippen LogP contribution is 2.23. The van der Waals surface area contributed by atoms with Crippen LogP contribution in [0.2, 0.25) is 15.1 Å². The highest BCUT2D eigenvalue weighted by molar-refractivity contribution is 6.42. The molecule has 2 aromatic carbocycles. The minimum Gasteiger partial charge on any atom is -0.344 e. The van der Waals surface area contributed by atoms with Crippen molar-refractivity contribution in [1.82, 2.24) is 10.6 Å². The Balaban J connectivity index is 2.25. The van der Waals surface area contributed by atoms with Crippen LogP contribution in [0.1, 0.15) is 25.0 Å². The summed E-state index contributed by atoms with van der Waals surface area (Å²) < 4.78 is 39.0. The number of hydrogen-bond acceptors (Lipinski definition) is 3. The Bertz CT molecular complexity index is 1120. The Morgan fingerprint density at radius 2 is 1.66 bits per heavy atom. The van der Waals surface area contributed by atoms with Gasteiger partial charge < -0.3 is 10.6 Å². The van der Waals surface area contributed by atoms with Gasteiger partial charge >= 0.3 is 6.18 Å². The normalized spacial score (nSPS) is 13.5. The smallest absolute Gasteiger partial charge is 0.344 e. The van der Waals surface area contributed by atoms with Crippen molar-refractivity contribution in [3.63, 3.8) is 0 Å². The lowest BCUT2D eigenvalue weighted by Gasteiger charge is -2.25. The number of amides is 2. The van der Waals surface area contributed by atoms with E-state index in [1.54, 1.807) is 36.4 Å². The summed E-state index contributed by atoms with van der Waals surface area (Å²) in [5, 5.41) is 5.60. The standard InChI is InChI=1S/C24H22Cl3F3N2O3/c1-13(2)21(22(34)24(28,29)30)32-23(35)19(12-15-4-3-5-16(25)10-15)31-20(33)9-7-14-6-8-17(26)18(27)11-14/h3-11,13,19,21H,12H2,1-2H3,(H,31,33)(H,32,35)/b9-7+/t19?,21-/m0/s1. The Kier molecular flexibility index (Phi) is 10.2. The lowest BCUT2D eigenvalue weighted by molar-refractivity contribution is -0.175. The van der Waals surface area contributed by atoms with Crippen molar-refractivity contribution >= 4 is 58.5 Å². The predicted molar refractivity (Wildman–Crippen MR) is 130 cm³/mol. The predicted octanol–water partition coefficient (Wildman–Crippen LogP) is 5.66. The minimum absolute atomic E-state index is 0.0796. The zero-order chi connectivity index (χ0) is 26.3. The molecule has 2 amide bonds. The fraction of sp³-hybridized carbons (Fsp3) is 0.292. The molecule has 0 radical (unpaired) electrons. The van der Waals surface area contributed by atoms with Crippen LogP contribution in [0.4, 0.5) is 13.2 Å². The van der Waals surface area contributed by atoms with E-state index in [1.165, 1.54) is 26.0 Å². The first-order valence-electron chi connectivity index (χ1n) is 10.4. The first-order valence-corrected chi connectivity index (χ1v) is 11.5. The molecular formula is C24H22Cl3F3N2O3. The molecule has 2 atom stereocenters. The molecule has 0 bridgehead atoms. The maximum atomic E-state index is 13.0. The van der Waals surface area contributed by atoms with Gasteiger partial charge in [-0.1, -0.05) is 66.8 Å². The van der Waals surface area contributed by atoms with E-state index in [2.05, 4.69) is 10.6 Å². The number of carbonyl (C=O) groups is 3. The number of benzene rings is 2. The minimum atomic E-state index is -5.13. The molecule has 2 aromatic rings. The fourth-order valence-electron chi connectivity index (χ4n) is 3.08. The van der Waals surface area contributed by atoms with Gasteiger partial charge in [-0.3, -0.25) is 14.4 Å². The van der Waals surface area contributed by atoms with Crippen LogP contribution in [0, 0.1) is 5.92 Å². The van der Waals surface area contributed by atoms with E-state index in [-0.39, 0.29) is 11.4 Å². The van der Waals surface area contributed by atoms with Crippen LogP contribution in [0.15, 0.2) is 48.5 Å². The van der Waals surface area contributed by atoms with Crippen molar-refractivity contribution in [3.05, 3.63) is 74.7 Å². The molecule has 5 nitrogen and oxygen atoms in total. The highest BCUT2D eigenvalue weighted by Gasteiger charge is 2.45. The van der Waals surface area contributed by atoms with Crippen LogP contribution < -0.4 is 10.6 Å². The molecule has 35 heavy (non-hydrogen) atoms. The van der Waals surface area contributed by atoms with E-state index in [1.807, 2.05) is 0 Å². The van der Waals surface area contributed by atoms with Gasteiger partial charge in [0, 0.05) is 17.5 Å². The van der Waals surface area contributed by atoms with Gasteiger partial charge in [0.1, 0.15) is 6.04 Å². The molecule has 1 unspecified atom stereocenters. The fourth-order valence-corrected chi connectivity index (χ4v) is 3.60. The van der Waals surface area contributed by atoms with Crippen LogP contribution in [-0.2, 0) is 20.8 Å². The second-order valence-corrected chi connectivity index (χ2v) is 9.25. The molecular weight excluding hydrogens is 528 g/mol. The van der Waals surface area contributed by atoms with E-state index in [0.717, 1.165) is 6.08 Å². The van der Waals surface area contributed by atoms with Crippen molar-refractivity contribution in [2.75, 3.05) is 0 Å². The molecule has 0 fully saturated rings. The van der Waals surface area contributed by atoms with Crippen molar-refractivity contribution in [1.29, 1.82) is 0 Å². The summed E-state index contributed by atoms with van der Waals surface area (Å²) in [6, 6.07) is 8.02. The molecule has 2 rings (SSSR count). The summed E-state index contributed by atoms with van der Waals surface area (Å²) in [6.07, 6.45) is -2.64. The van der Waals surface area contributed by atoms with Crippen LogP contribution in [-0.4, -0.2) is 35.9 Å². The Hall–Kier alpha value is -2.55. The molecule has 0 aliphatic carbocycles. The zero-order valence-corrected chi connectivity index (χ0v) is 20.9. The largest absolute Gasteiger partial charge is 0.452 e. The number of hydrogen-bond donors (Lipinski definition) is 2. The van der Waals surface area contributed by atoms with Crippen LogP contribution >= 0.6 is 34.8 Å². The second-order valence-electron chi connectivity index (χ2n) is 7.99. The van der Waals surface area contributed by atoms with Crippen LogP contribution in [0.3, 0.4) is 0 Å². The average Bonchev–Trinajstić information content (AvgIpc) is 2.76. The average molecular weight is 550 g/mol. The zero-order valence-electron chi connectivity index (χ0n) is 18.6. The molecule has 11 heteroatoms. The van der Waals surface area contributed by atoms with E-state index in [0.29, 0.717) is 21.2 Å². The number of carbonyl (C=O) groups excluding carboxylic acids is 3. The monoisotopic (exact) mass is 548 g/mol. The SMILES string of the molecule is CC(C)[C@H](NC(=O)C(Cc1cccc(Cl)c1)NC(=O)/C=C/c1ccc(Cl)c(Cl)c1)C(=O)C(F)(F)F. The summed E-state index contributed by atoms with van der Waals surface area (Å²) in [6.45, 7) is 2.75. The number of ketones is 1. The molecule has 0 heterocycles. The Labute approximate surface area is 215 Å². The number of nitrogens with one attached hydrogen (secondary N) is 2. The maximum absolute atomic E-state index is 13.0. The number of Topliss-reactive ketones (excluding diaryl/α,β-unsaturated/α-hetero) is 1. The van der Waals surface area contributed by atoms with Crippen LogP contribution in [0.25, 0.3) is 6.08 Å². The third-order valence-corrected chi connectivity index (χ3v) is 5.83. The summed E-state index contributed by atoms with van der Waals surface area (Å²) in [7, 11) is 0. The number of alkyl halides is 3. The summed E-state index contributed by atoms with van der Waals surface area (Å²) in [5.41, 5.74) is 1.11. The van der Waals surface area contributed by atoms with E-state index in [9.17, 15) is 27.6 Å². The van der Waals surface area contributed by atoms with Gasteiger partial charge in [-0.15, -0.1) is 0 Å². The van der Waals surface area contributed by atoms with Gasteiger partial charge in [-0.25, -0.2) is 0 Å². The third-order valence-electron chi connectivity index (χ3n) is 4.86. The Morgan fingerprint density at radius 1 is 0.971 bits per heavy atom. The van der Waals surface area contributed by atoms with E-state index in [4.69, 9.17) is 34.8 Å². The number of rotatable bonds is 9. The van der Waals surface area contributed by atoms with E-state index < -0.39 is 41.8 Å². The maximum Gasteiger partial charge on any atom is 0.452 e.